The number of hydrogen-bond donors (Lipinski definition) is 1. The van der Waals surface area contributed by atoms with Crippen molar-refractivity contribution in [1.82, 2.24) is 9.97 Å². The van der Waals surface area contributed by atoms with Crippen LogP contribution in [0.2, 0.25) is 0 Å². The Labute approximate surface area is 130 Å². The lowest BCUT2D eigenvalue weighted by Crippen LogP contribution is -2.13. The molecule has 5 heteroatoms. The van der Waals surface area contributed by atoms with E-state index in [1.165, 1.54) is 0 Å². The van der Waals surface area contributed by atoms with Gasteiger partial charge in [0, 0.05) is 24.2 Å². The van der Waals surface area contributed by atoms with Gasteiger partial charge in [0.15, 0.2) is 5.16 Å². The van der Waals surface area contributed by atoms with E-state index < -0.39 is 0 Å². The summed E-state index contributed by atoms with van der Waals surface area (Å²) in [5.74, 6) is 1.64. The van der Waals surface area contributed by atoms with Crippen molar-refractivity contribution in [3.05, 3.63) is 47.8 Å². The zero-order valence-corrected chi connectivity index (χ0v) is 13.3. The Hall–Kier alpha value is -1.59. The van der Waals surface area contributed by atoms with Crippen molar-refractivity contribution in [3.8, 4) is 5.75 Å². The van der Waals surface area contributed by atoms with Gasteiger partial charge in [-0.05, 0) is 36.6 Å². The largest absolute Gasteiger partial charge is 0.494 e. The zero-order chi connectivity index (χ0) is 15.1. The van der Waals surface area contributed by atoms with Gasteiger partial charge in [-0.2, -0.15) is 0 Å². The van der Waals surface area contributed by atoms with Crippen LogP contribution in [0, 0.1) is 6.92 Å². The molecule has 0 fully saturated rings. The van der Waals surface area contributed by atoms with Crippen LogP contribution in [0.25, 0.3) is 0 Å². The number of ether oxygens (including phenoxy) is 1. The molecule has 0 saturated heterocycles. The highest BCUT2D eigenvalue weighted by molar-refractivity contribution is 7.99. The van der Waals surface area contributed by atoms with Crippen LogP contribution in [0.4, 0.5) is 0 Å². The van der Waals surface area contributed by atoms with E-state index in [0.29, 0.717) is 0 Å². The van der Waals surface area contributed by atoms with E-state index in [1.54, 1.807) is 11.8 Å². The summed E-state index contributed by atoms with van der Waals surface area (Å²) in [6, 6.07) is 7.94. The third kappa shape index (κ3) is 5.02. The summed E-state index contributed by atoms with van der Waals surface area (Å²) >= 11 is 1.57. The third-order valence-electron chi connectivity index (χ3n) is 2.93. The van der Waals surface area contributed by atoms with Gasteiger partial charge in [-0.25, -0.2) is 9.97 Å². The van der Waals surface area contributed by atoms with E-state index in [-0.39, 0.29) is 6.04 Å². The predicted molar refractivity (Wildman–Crippen MR) is 86.6 cm³/mol. The second kappa shape index (κ2) is 8.00. The number of nitrogens with zero attached hydrogens (tertiary/aromatic N) is 2. The minimum absolute atomic E-state index is 0.0415. The van der Waals surface area contributed by atoms with Crippen LogP contribution in [0.5, 0.6) is 5.75 Å². The Morgan fingerprint density at radius 3 is 2.48 bits per heavy atom. The van der Waals surface area contributed by atoms with Gasteiger partial charge >= 0.3 is 0 Å². The maximum absolute atomic E-state index is 6.21. The van der Waals surface area contributed by atoms with E-state index in [0.717, 1.165) is 40.8 Å². The number of hydrogen-bond acceptors (Lipinski definition) is 5. The molecule has 1 atom stereocenters. The van der Waals surface area contributed by atoms with Crippen molar-refractivity contribution in [1.29, 1.82) is 0 Å². The Bertz CT molecular complexity index is 542. The fourth-order valence-corrected chi connectivity index (χ4v) is 2.52. The van der Waals surface area contributed by atoms with Gasteiger partial charge in [0.2, 0.25) is 0 Å². The first kappa shape index (κ1) is 15.8. The van der Waals surface area contributed by atoms with Crippen LogP contribution in [-0.4, -0.2) is 22.3 Å². The van der Waals surface area contributed by atoms with Crippen molar-refractivity contribution in [3.63, 3.8) is 0 Å². The van der Waals surface area contributed by atoms with Gasteiger partial charge in [0.25, 0.3) is 0 Å². The summed E-state index contributed by atoms with van der Waals surface area (Å²) in [6.07, 6.45) is 4.65. The van der Waals surface area contributed by atoms with Gasteiger partial charge in [-0.15, -0.1) is 0 Å². The van der Waals surface area contributed by atoms with Gasteiger partial charge in [-0.3, -0.25) is 0 Å². The van der Waals surface area contributed by atoms with E-state index in [4.69, 9.17) is 10.5 Å². The van der Waals surface area contributed by atoms with Crippen molar-refractivity contribution in [2.45, 2.75) is 31.5 Å². The molecule has 2 rings (SSSR count). The topological polar surface area (TPSA) is 61.0 Å². The minimum atomic E-state index is -0.0415. The third-order valence-corrected chi connectivity index (χ3v) is 3.93. The molecule has 0 amide bonds. The number of benzene rings is 1. The average Bonchev–Trinajstić information content (AvgIpc) is 2.52. The summed E-state index contributed by atoms with van der Waals surface area (Å²) in [5, 5.41) is 0.763. The van der Waals surface area contributed by atoms with Crippen molar-refractivity contribution >= 4 is 11.8 Å². The van der Waals surface area contributed by atoms with E-state index in [1.807, 2.05) is 43.6 Å². The molecule has 1 aromatic carbocycles. The highest BCUT2D eigenvalue weighted by Crippen LogP contribution is 2.22. The molecular formula is C16H21N3OS. The number of rotatable bonds is 7. The number of aromatic nitrogens is 2. The molecule has 4 nitrogen and oxygen atoms in total. The molecule has 21 heavy (non-hydrogen) atoms. The summed E-state index contributed by atoms with van der Waals surface area (Å²) in [6.45, 7) is 4.81. The first-order valence-corrected chi connectivity index (χ1v) is 8.07. The summed E-state index contributed by atoms with van der Waals surface area (Å²) in [5.41, 5.74) is 8.36. The maximum Gasteiger partial charge on any atom is 0.187 e. The monoisotopic (exact) mass is 303 g/mol. The molecule has 112 valence electrons. The maximum atomic E-state index is 6.21. The second-order valence-electron chi connectivity index (χ2n) is 4.88. The molecule has 1 aromatic heterocycles. The highest BCUT2D eigenvalue weighted by atomic mass is 32.2. The molecule has 1 heterocycles. The standard InChI is InChI=1S/C16H21N3OS/c1-3-8-20-14-6-4-13(5-7-14)15(17)11-21-16-18-9-12(2)10-19-16/h4-7,9-10,15H,3,8,11,17H2,1-2H3. The minimum Gasteiger partial charge on any atom is -0.494 e. The SMILES string of the molecule is CCCOc1ccc(C(N)CSc2ncc(C)cn2)cc1. The quantitative estimate of drug-likeness (QED) is 0.627. The summed E-state index contributed by atoms with van der Waals surface area (Å²) < 4.78 is 5.56. The molecule has 0 spiro atoms. The lowest BCUT2D eigenvalue weighted by molar-refractivity contribution is 0.317. The van der Waals surface area contributed by atoms with Crippen LogP contribution in [0.3, 0.4) is 0 Å². The zero-order valence-electron chi connectivity index (χ0n) is 12.5. The first-order chi connectivity index (χ1) is 10.2. The predicted octanol–water partition coefficient (Wildman–Crippen LogP) is 3.37. The van der Waals surface area contributed by atoms with Crippen LogP contribution in [0.1, 0.15) is 30.5 Å². The fourth-order valence-electron chi connectivity index (χ4n) is 1.75. The van der Waals surface area contributed by atoms with E-state index in [9.17, 15) is 0 Å². The molecule has 0 aliphatic rings. The molecule has 0 aliphatic heterocycles. The molecule has 0 saturated carbocycles. The van der Waals surface area contributed by atoms with Crippen molar-refractivity contribution in [2.24, 2.45) is 5.73 Å². The highest BCUT2D eigenvalue weighted by Gasteiger charge is 2.08. The molecular weight excluding hydrogens is 282 g/mol. The number of thioether (sulfide) groups is 1. The van der Waals surface area contributed by atoms with Crippen molar-refractivity contribution in [2.75, 3.05) is 12.4 Å². The number of aryl methyl sites for hydroxylation is 1. The lowest BCUT2D eigenvalue weighted by atomic mass is 10.1. The molecule has 0 aliphatic carbocycles. The van der Waals surface area contributed by atoms with E-state index in [2.05, 4.69) is 16.9 Å². The molecule has 0 bridgehead atoms. The van der Waals surface area contributed by atoms with Gasteiger partial charge < -0.3 is 10.5 Å². The first-order valence-electron chi connectivity index (χ1n) is 7.09. The second-order valence-corrected chi connectivity index (χ2v) is 5.87. The summed E-state index contributed by atoms with van der Waals surface area (Å²) in [7, 11) is 0. The van der Waals surface area contributed by atoms with Crippen LogP contribution < -0.4 is 10.5 Å². The smallest absolute Gasteiger partial charge is 0.187 e. The fraction of sp³-hybridized carbons (Fsp3) is 0.375. The lowest BCUT2D eigenvalue weighted by Gasteiger charge is -2.12. The Balaban J connectivity index is 1.87. The average molecular weight is 303 g/mol. The normalized spacial score (nSPS) is 12.1. The molecule has 0 radical (unpaired) electrons. The van der Waals surface area contributed by atoms with Crippen LogP contribution in [0.15, 0.2) is 41.8 Å². The Morgan fingerprint density at radius 2 is 1.86 bits per heavy atom. The molecule has 2 aromatic rings. The molecule has 1 unspecified atom stereocenters. The van der Waals surface area contributed by atoms with E-state index >= 15 is 0 Å². The molecule has 2 N–H and O–H groups in total. The Morgan fingerprint density at radius 1 is 1.19 bits per heavy atom. The van der Waals surface area contributed by atoms with Crippen molar-refractivity contribution < 1.29 is 4.74 Å². The van der Waals surface area contributed by atoms with Crippen LogP contribution >= 0.6 is 11.8 Å². The van der Waals surface area contributed by atoms with Crippen LogP contribution in [-0.2, 0) is 0 Å². The Kier molecular flexibility index (Phi) is 6.02. The van der Waals surface area contributed by atoms with Gasteiger partial charge in [0.1, 0.15) is 5.75 Å². The summed E-state index contributed by atoms with van der Waals surface area (Å²) in [4.78, 5) is 8.54. The van der Waals surface area contributed by atoms with Gasteiger partial charge in [0.05, 0.1) is 6.61 Å². The van der Waals surface area contributed by atoms with Gasteiger partial charge in [-0.1, -0.05) is 30.8 Å². The number of nitrogens with two attached hydrogens (primary N) is 1.